The van der Waals surface area contributed by atoms with Gasteiger partial charge in [0.05, 0.1) is 25.6 Å². The van der Waals surface area contributed by atoms with Gasteiger partial charge in [-0.3, -0.25) is 4.79 Å². The number of para-hydroxylation sites is 2. The van der Waals surface area contributed by atoms with Gasteiger partial charge in [-0.25, -0.2) is 0 Å². The predicted octanol–water partition coefficient (Wildman–Crippen LogP) is 1.01. The number of hydrogen-bond acceptors (Lipinski definition) is 7. The van der Waals surface area contributed by atoms with Gasteiger partial charge in [0, 0.05) is 13.1 Å². The van der Waals surface area contributed by atoms with Crippen LogP contribution in [0.3, 0.4) is 0 Å². The van der Waals surface area contributed by atoms with Gasteiger partial charge in [-0.1, -0.05) is 23.9 Å². The molecule has 0 aliphatic carbocycles. The number of morpholine rings is 1. The van der Waals surface area contributed by atoms with Crippen LogP contribution in [0.4, 0.5) is 0 Å². The van der Waals surface area contributed by atoms with Crippen molar-refractivity contribution < 1.29 is 14.3 Å². The summed E-state index contributed by atoms with van der Waals surface area (Å²) in [6.45, 7) is 4.94. The minimum atomic E-state index is 0.0657. The third kappa shape index (κ3) is 3.85. The number of thioether (sulfide) groups is 1. The summed E-state index contributed by atoms with van der Waals surface area (Å²) in [5.41, 5.74) is 0.755. The summed E-state index contributed by atoms with van der Waals surface area (Å²) in [5, 5.41) is 12.3. The number of carbonyl (C=O) groups is 1. The third-order valence-corrected chi connectivity index (χ3v) is 4.43. The second-order valence-electron chi connectivity index (χ2n) is 5.06. The van der Waals surface area contributed by atoms with Gasteiger partial charge in [-0.2, -0.15) is 4.68 Å². The summed E-state index contributed by atoms with van der Waals surface area (Å²) in [7, 11) is 0. The quantitative estimate of drug-likeness (QED) is 0.720. The van der Waals surface area contributed by atoms with Gasteiger partial charge >= 0.3 is 0 Å². The lowest BCUT2D eigenvalue weighted by Crippen LogP contribution is -2.41. The molecule has 1 fully saturated rings. The van der Waals surface area contributed by atoms with E-state index in [1.807, 2.05) is 31.2 Å². The average molecular weight is 349 g/mol. The SMILES string of the molecule is CCOc1ccccc1-n1nnnc1SCC(=O)N1CCOCC1. The number of hydrogen-bond donors (Lipinski definition) is 0. The van der Waals surface area contributed by atoms with Gasteiger partial charge in [0.2, 0.25) is 11.1 Å². The molecule has 0 N–H and O–H groups in total. The van der Waals surface area contributed by atoms with Crippen molar-refractivity contribution in [2.45, 2.75) is 12.1 Å². The van der Waals surface area contributed by atoms with Gasteiger partial charge in [-0.15, -0.1) is 5.10 Å². The molecule has 0 saturated carbocycles. The fourth-order valence-corrected chi connectivity index (χ4v) is 3.15. The molecular formula is C15H19N5O3S. The van der Waals surface area contributed by atoms with Crippen molar-refractivity contribution >= 4 is 17.7 Å². The van der Waals surface area contributed by atoms with Crippen molar-refractivity contribution in [2.75, 3.05) is 38.7 Å². The lowest BCUT2D eigenvalue weighted by atomic mass is 10.3. The molecular weight excluding hydrogens is 330 g/mol. The molecule has 0 radical (unpaired) electrons. The van der Waals surface area contributed by atoms with Crippen molar-refractivity contribution in [3.8, 4) is 11.4 Å². The highest BCUT2D eigenvalue weighted by molar-refractivity contribution is 7.99. The Morgan fingerprint density at radius 2 is 2.12 bits per heavy atom. The Labute approximate surface area is 144 Å². The minimum Gasteiger partial charge on any atom is -0.492 e. The first-order valence-electron chi connectivity index (χ1n) is 7.78. The number of ether oxygens (including phenoxy) is 2. The maximum absolute atomic E-state index is 12.3. The number of tetrazole rings is 1. The summed E-state index contributed by atoms with van der Waals surface area (Å²) in [6, 6.07) is 7.55. The molecule has 2 heterocycles. The predicted molar refractivity (Wildman–Crippen MR) is 88.4 cm³/mol. The molecule has 128 valence electrons. The number of carbonyl (C=O) groups excluding carboxylic acids is 1. The second-order valence-corrected chi connectivity index (χ2v) is 6.00. The van der Waals surface area contributed by atoms with Gasteiger partial charge in [-0.05, 0) is 29.5 Å². The first-order valence-corrected chi connectivity index (χ1v) is 8.77. The standard InChI is InChI=1S/C15H19N5O3S/c1-2-23-13-6-4-3-5-12(13)20-15(16-17-18-20)24-11-14(21)19-7-9-22-10-8-19/h3-6H,2,7-11H2,1H3. The molecule has 1 aliphatic heterocycles. The Kier molecular flexibility index (Phi) is 5.65. The van der Waals surface area contributed by atoms with E-state index in [0.29, 0.717) is 43.8 Å². The minimum absolute atomic E-state index is 0.0657. The Bertz CT molecular complexity index is 687. The Morgan fingerprint density at radius 1 is 1.33 bits per heavy atom. The summed E-state index contributed by atoms with van der Waals surface area (Å²) in [6.07, 6.45) is 0. The normalized spacial score (nSPS) is 14.6. The monoisotopic (exact) mass is 349 g/mol. The molecule has 3 rings (SSSR count). The maximum atomic E-state index is 12.3. The number of benzene rings is 1. The highest BCUT2D eigenvalue weighted by Gasteiger charge is 2.19. The molecule has 1 amide bonds. The third-order valence-electron chi connectivity index (χ3n) is 3.52. The van der Waals surface area contributed by atoms with Gasteiger partial charge in [0.25, 0.3) is 0 Å². The lowest BCUT2D eigenvalue weighted by molar-refractivity contribution is -0.132. The summed E-state index contributed by atoms with van der Waals surface area (Å²) in [5.74, 6) is 1.06. The van der Waals surface area contributed by atoms with Crippen LogP contribution in [-0.4, -0.2) is 69.7 Å². The molecule has 0 bridgehead atoms. The summed E-state index contributed by atoms with van der Waals surface area (Å²) >= 11 is 1.32. The molecule has 0 atom stereocenters. The van der Waals surface area contributed by atoms with Crippen LogP contribution < -0.4 is 4.74 Å². The van der Waals surface area contributed by atoms with E-state index in [-0.39, 0.29) is 11.7 Å². The first kappa shape index (κ1) is 16.7. The molecule has 2 aromatic rings. The number of nitrogens with zero attached hydrogens (tertiary/aromatic N) is 5. The average Bonchev–Trinajstić information content (AvgIpc) is 3.09. The van der Waals surface area contributed by atoms with Crippen LogP contribution in [0.15, 0.2) is 29.4 Å². The van der Waals surface area contributed by atoms with Gasteiger partial charge in [0.15, 0.2) is 0 Å². The van der Waals surface area contributed by atoms with Crippen molar-refractivity contribution in [1.29, 1.82) is 0 Å². The fourth-order valence-electron chi connectivity index (χ4n) is 2.36. The van der Waals surface area contributed by atoms with Crippen LogP contribution in [-0.2, 0) is 9.53 Å². The molecule has 0 unspecified atom stereocenters. The van der Waals surface area contributed by atoms with Crippen LogP contribution in [0.1, 0.15) is 6.92 Å². The molecule has 9 heteroatoms. The van der Waals surface area contributed by atoms with E-state index in [1.165, 1.54) is 11.8 Å². The second kappa shape index (κ2) is 8.11. The molecule has 1 aromatic carbocycles. The molecule has 0 spiro atoms. The first-order chi connectivity index (χ1) is 11.8. The van der Waals surface area contributed by atoms with E-state index < -0.39 is 0 Å². The fraction of sp³-hybridized carbons (Fsp3) is 0.467. The van der Waals surface area contributed by atoms with Crippen molar-refractivity contribution in [3.05, 3.63) is 24.3 Å². The van der Waals surface area contributed by atoms with E-state index in [1.54, 1.807) is 9.58 Å². The molecule has 1 aromatic heterocycles. The smallest absolute Gasteiger partial charge is 0.233 e. The summed E-state index contributed by atoms with van der Waals surface area (Å²) in [4.78, 5) is 14.1. The number of aromatic nitrogens is 4. The highest BCUT2D eigenvalue weighted by atomic mass is 32.2. The zero-order valence-corrected chi connectivity index (χ0v) is 14.2. The zero-order valence-electron chi connectivity index (χ0n) is 13.4. The van der Waals surface area contributed by atoms with Crippen molar-refractivity contribution in [1.82, 2.24) is 25.1 Å². The molecule has 1 aliphatic rings. The molecule has 1 saturated heterocycles. The number of rotatable bonds is 6. The van der Waals surface area contributed by atoms with Crippen LogP contribution in [0.25, 0.3) is 5.69 Å². The van der Waals surface area contributed by atoms with Crippen LogP contribution in [0, 0.1) is 0 Å². The summed E-state index contributed by atoms with van der Waals surface area (Å²) < 4.78 is 12.5. The molecule has 8 nitrogen and oxygen atoms in total. The van der Waals surface area contributed by atoms with Crippen LogP contribution >= 0.6 is 11.8 Å². The topological polar surface area (TPSA) is 82.4 Å². The largest absolute Gasteiger partial charge is 0.492 e. The van der Waals surface area contributed by atoms with E-state index in [0.717, 1.165) is 5.69 Å². The lowest BCUT2D eigenvalue weighted by Gasteiger charge is -2.26. The van der Waals surface area contributed by atoms with E-state index in [2.05, 4.69) is 15.5 Å². The Morgan fingerprint density at radius 3 is 2.92 bits per heavy atom. The zero-order chi connectivity index (χ0) is 16.8. The van der Waals surface area contributed by atoms with Gasteiger partial charge < -0.3 is 14.4 Å². The van der Waals surface area contributed by atoms with Crippen molar-refractivity contribution in [3.63, 3.8) is 0 Å². The number of amides is 1. The van der Waals surface area contributed by atoms with Crippen LogP contribution in [0.2, 0.25) is 0 Å². The van der Waals surface area contributed by atoms with E-state index in [9.17, 15) is 4.79 Å². The van der Waals surface area contributed by atoms with Crippen LogP contribution in [0.5, 0.6) is 5.75 Å². The van der Waals surface area contributed by atoms with Crippen molar-refractivity contribution in [2.24, 2.45) is 0 Å². The Balaban J connectivity index is 1.70. The maximum Gasteiger partial charge on any atom is 0.233 e. The highest BCUT2D eigenvalue weighted by Crippen LogP contribution is 2.26. The van der Waals surface area contributed by atoms with E-state index in [4.69, 9.17) is 9.47 Å². The molecule has 24 heavy (non-hydrogen) atoms. The van der Waals surface area contributed by atoms with Gasteiger partial charge in [0.1, 0.15) is 11.4 Å². The Hall–Kier alpha value is -2.13. The van der Waals surface area contributed by atoms with E-state index >= 15 is 0 Å².